The Morgan fingerprint density at radius 2 is 1.40 bits per heavy atom. The maximum atomic E-state index is 3.92. The summed E-state index contributed by atoms with van der Waals surface area (Å²) in [7, 11) is 0.512. The first-order valence-corrected chi connectivity index (χ1v) is 15.5. The zero-order valence-electron chi connectivity index (χ0n) is 7.58. The highest BCUT2D eigenvalue weighted by Gasteiger charge is 2.30. The van der Waals surface area contributed by atoms with Crippen LogP contribution in [-0.2, 0) is 0 Å². The fraction of sp³-hybridized carbons (Fsp3) is 1.00. The summed E-state index contributed by atoms with van der Waals surface area (Å²) in [6.45, 7) is 10.1. The second-order valence-electron chi connectivity index (χ2n) is 3.04. The minimum absolute atomic E-state index is 0.312. The van der Waals surface area contributed by atoms with Gasteiger partial charge in [0.1, 0.15) is 7.42 Å². The molecule has 0 N–H and O–H groups in total. The summed E-state index contributed by atoms with van der Waals surface area (Å²) in [5, 5.41) is 0. The Morgan fingerprint density at radius 3 is 1.40 bits per heavy atom. The molecule has 0 aliphatic carbocycles. The van der Waals surface area contributed by atoms with Gasteiger partial charge in [-0.3, -0.25) is 0 Å². The SMILES string of the molecule is C[SiH2]C([SiH2]C)([SiH2]C)[SiH](C)Br. The van der Waals surface area contributed by atoms with Gasteiger partial charge in [0.05, 0.1) is 0 Å². The molecule has 0 amide bonds. The maximum Gasteiger partial charge on any atom is 0.108 e. The fourth-order valence-corrected chi connectivity index (χ4v) is 23.1. The second-order valence-corrected chi connectivity index (χ2v) is 21.4. The lowest BCUT2D eigenvalue weighted by atomic mass is 11.7. The lowest BCUT2D eigenvalue weighted by molar-refractivity contribution is 1.51. The fourth-order valence-electron chi connectivity index (χ4n) is 1.59. The molecule has 0 fully saturated rings. The molecule has 0 bridgehead atoms. The molecular weight excluding hydrogens is 252 g/mol. The Hall–Kier alpha value is 1.35. The summed E-state index contributed by atoms with van der Waals surface area (Å²) in [5.74, 6) is 0. The Balaban J connectivity index is 4.15. The molecule has 0 aliphatic rings. The van der Waals surface area contributed by atoms with Crippen LogP contribution in [0.25, 0.3) is 0 Å². The van der Waals surface area contributed by atoms with Crippen molar-refractivity contribution in [2.75, 3.05) is 0 Å². The Labute approximate surface area is 81.2 Å². The average Bonchev–Trinajstić information content (AvgIpc) is 1.92. The van der Waals surface area contributed by atoms with Crippen LogP contribution < -0.4 is 0 Å². The Morgan fingerprint density at radius 1 is 1.10 bits per heavy atom. The highest BCUT2D eigenvalue weighted by Crippen LogP contribution is 2.28. The summed E-state index contributed by atoms with van der Waals surface area (Å²) in [6.07, 6.45) is 0. The standard InChI is InChI=1S/C5H19BrSi4/c1-7-5(8-2,9-3)10(4)6/h10H,7-9H2,1-4H3. The molecule has 5 heteroatoms. The smallest absolute Gasteiger partial charge is 0.108 e. The topological polar surface area (TPSA) is 0 Å². The average molecular weight is 271 g/mol. The predicted octanol–water partition coefficient (Wildman–Crippen LogP) is -0.00150. The minimum atomic E-state index is -0.424. The van der Waals surface area contributed by atoms with Gasteiger partial charge in [-0.2, -0.15) is 0 Å². The zero-order valence-corrected chi connectivity index (χ0v) is 14.6. The Bertz CT molecular complexity index is 83.4. The number of hydrogen-bond donors (Lipinski definition) is 0. The monoisotopic (exact) mass is 270 g/mol. The predicted molar refractivity (Wildman–Crippen MR) is 67.9 cm³/mol. The van der Waals surface area contributed by atoms with E-state index in [0.29, 0.717) is 28.6 Å². The lowest BCUT2D eigenvalue weighted by Gasteiger charge is -2.31. The Kier molecular flexibility index (Phi) is 5.76. The molecule has 0 spiro atoms. The van der Waals surface area contributed by atoms with Crippen molar-refractivity contribution >= 4 is 51.3 Å². The zero-order chi connectivity index (χ0) is 8.20. The minimum Gasteiger partial charge on any atom is -0.131 e. The molecule has 0 saturated heterocycles. The summed E-state index contributed by atoms with van der Waals surface area (Å²) in [6, 6.07) is 0. The molecule has 0 nitrogen and oxygen atoms in total. The molecule has 0 aromatic rings. The van der Waals surface area contributed by atoms with Crippen molar-refractivity contribution in [3.63, 3.8) is 0 Å². The van der Waals surface area contributed by atoms with E-state index in [2.05, 4.69) is 41.5 Å². The molecule has 0 aliphatic heterocycles. The van der Waals surface area contributed by atoms with Gasteiger partial charge in [0, 0.05) is 28.6 Å². The van der Waals surface area contributed by atoms with E-state index in [-0.39, 0.29) is 0 Å². The first kappa shape index (κ1) is 11.3. The summed E-state index contributed by atoms with van der Waals surface area (Å²) in [5.41, 5.74) is 0. The van der Waals surface area contributed by atoms with Crippen LogP contribution in [0.2, 0.25) is 30.1 Å². The molecule has 0 aromatic carbocycles. The third-order valence-corrected chi connectivity index (χ3v) is 35.3. The summed E-state index contributed by atoms with van der Waals surface area (Å²) < 4.78 is 1.10. The van der Waals surface area contributed by atoms with Crippen LogP contribution in [0, 0.1) is 0 Å². The lowest BCUT2D eigenvalue weighted by Crippen LogP contribution is -2.39. The van der Waals surface area contributed by atoms with Crippen LogP contribution >= 0.6 is 15.3 Å². The molecule has 10 heavy (non-hydrogen) atoms. The van der Waals surface area contributed by atoms with E-state index in [4.69, 9.17) is 0 Å². The molecule has 62 valence electrons. The van der Waals surface area contributed by atoms with Gasteiger partial charge in [-0.25, -0.2) is 0 Å². The molecule has 0 heterocycles. The molecule has 0 radical (unpaired) electrons. The van der Waals surface area contributed by atoms with Gasteiger partial charge in [-0.1, -0.05) is 30.1 Å². The van der Waals surface area contributed by atoms with Crippen molar-refractivity contribution in [2.24, 2.45) is 0 Å². The van der Waals surface area contributed by atoms with Gasteiger partial charge < -0.3 is 0 Å². The molecule has 1 unspecified atom stereocenters. The van der Waals surface area contributed by atoms with Crippen LogP contribution in [0.15, 0.2) is 0 Å². The summed E-state index contributed by atoms with van der Waals surface area (Å²) in [4.78, 5) is 0. The molecular formula is C5H19BrSi4. The van der Waals surface area contributed by atoms with Gasteiger partial charge in [0.2, 0.25) is 0 Å². The van der Waals surface area contributed by atoms with E-state index in [0.717, 1.165) is 3.91 Å². The van der Waals surface area contributed by atoms with E-state index in [1.165, 1.54) is 0 Å². The van der Waals surface area contributed by atoms with Gasteiger partial charge in [-0.15, -0.1) is 15.3 Å². The molecule has 0 rings (SSSR count). The number of hydrogen-bond acceptors (Lipinski definition) is 0. The van der Waals surface area contributed by atoms with Crippen molar-refractivity contribution < 1.29 is 0 Å². The van der Waals surface area contributed by atoms with Gasteiger partial charge in [0.15, 0.2) is 0 Å². The highest BCUT2D eigenvalue weighted by molar-refractivity contribution is 9.24. The third-order valence-electron chi connectivity index (χ3n) is 2.96. The maximum absolute atomic E-state index is 3.92. The van der Waals surface area contributed by atoms with Gasteiger partial charge in [-0.05, 0) is 0 Å². The largest absolute Gasteiger partial charge is 0.131 e. The first-order chi connectivity index (χ1) is 4.63. The van der Waals surface area contributed by atoms with Gasteiger partial charge >= 0.3 is 0 Å². The van der Waals surface area contributed by atoms with Crippen molar-refractivity contribution in [3.8, 4) is 0 Å². The van der Waals surface area contributed by atoms with Crippen molar-refractivity contribution in [3.05, 3.63) is 0 Å². The summed E-state index contributed by atoms with van der Waals surface area (Å²) >= 11 is 3.92. The number of halogens is 1. The third kappa shape index (κ3) is 2.44. The van der Waals surface area contributed by atoms with E-state index in [9.17, 15) is 0 Å². The molecule has 0 aromatic heterocycles. The van der Waals surface area contributed by atoms with Crippen LogP contribution in [0.3, 0.4) is 0 Å². The van der Waals surface area contributed by atoms with Crippen LogP contribution in [0.5, 0.6) is 0 Å². The quantitative estimate of drug-likeness (QED) is 0.499. The first-order valence-electron chi connectivity index (χ1n) is 4.27. The van der Waals surface area contributed by atoms with Crippen LogP contribution in [0.1, 0.15) is 0 Å². The van der Waals surface area contributed by atoms with E-state index in [1.807, 2.05) is 0 Å². The van der Waals surface area contributed by atoms with Crippen molar-refractivity contribution in [1.82, 2.24) is 0 Å². The number of rotatable bonds is 4. The van der Waals surface area contributed by atoms with Crippen LogP contribution in [-0.4, -0.2) is 36.0 Å². The van der Waals surface area contributed by atoms with E-state index >= 15 is 0 Å². The molecule has 0 saturated carbocycles. The van der Waals surface area contributed by atoms with E-state index < -0.39 is 7.42 Å². The highest BCUT2D eigenvalue weighted by atomic mass is 79.9. The molecule has 1 atom stereocenters. The van der Waals surface area contributed by atoms with E-state index in [1.54, 1.807) is 0 Å². The van der Waals surface area contributed by atoms with Crippen molar-refractivity contribution in [1.29, 1.82) is 0 Å². The normalized spacial score (nSPS) is 23.7. The second kappa shape index (κ2) is 5.07. The van der Waals surface area contributed by atoms with Gasteiger partial charge in [0.25, 0.3) is 0 Å². The van der Waals surface area contributed by atoms with Crippen LogP contribution in [0.4, 0.5) is 0 Å². The van der Waals surface area contributed by atoms with Crippen molar-refractivity contribution in [2.45, 2.75) is 30.1 Å².